The molecule has 2 heterocycles. The highest BCUT2D eigenvalue weighted by Gasteiger charge is 2.26. The maximum Gasteiger partial charge on any atom is 0.342 e. The Morgan fingerprint density at radius 1 is 1.42 bits per heavy atom. The van der Waals surface area contributed by atoms with E-state index < -0.39 is 11.5 Å². The van der Waals surface area contributed by atoms with Crippen molar-refractivity contribution in [3.8, 4) is 0 Å². The molecule has 2 aromatic rings. The van der Waals surface area contributed by atoms with Crippen LogP contribution in [-0.2, 0) is 0 Å². The summed E-state index contributed by atoms with van der Waals surface area (Å²) in [7, 11) is 0. The van der Waals surface area contributed by atoms with Gasteiger partial charge in [-0.05, 0) is 38.3 Å². The van der Waals surface area contributed by atoms with Crippen molar-refractivity contribution in [2.75, 3.05) is 5.43 Å². The Morgan fingerprint density at radius 3 is 2.88 bits per heavy atom. The lowest BCUT2D eigenvalue weighted by Crippen LogP contribution is -2.37. The van der Waals surface area contributed by atoms with Gasteiger partial charge in [0.1, 0.15) is 11.3 Å². The van der Waals surface area contributed by atoms with Crippen molar-refractivity contribution in [1.29, 1.82) is 0 Å². The number of para-hydroxylation sites is 1. The Balaban J connectivity index is 2.02. The zero-order valence-corrected chi connectivity index (χ0v) is 13.5. The van der Waals surface area contributed by atoms with Gasteiger partial charge in [-0.15, -0.1) is 0 Å². The Kier molecular flexibility index (Phi) is 4.16. The average Bonchev–Trinajstić information content (AvgIpc) is 2.55. The predicted octanol–water partition coefficient (Wildman–Crippen LogP) is 2.42. The number of rotatable bonds is 3. The fraction of sp³-hybridized carbons (Fsp3) is 0.294. The average molecular weight is 326 g/mol. The minimum atomic E-state index is -1.27. The van der Waals surface area contributed by atoms with Crippen LogP contribution in [0.5, 0.6) is 0 Å². The molecule has 0 saturated heterocycles. The summed E-state index contributed by atoms with van der Waals surface area (Å²) in [5, 5.41) is 13.5. The summed E-state index contributed by atoms with van der Waals surface area (Å²) < 4.78 is 1.42. The van der Waals surface area contributed by atoms with E-state index in [1.54, 1.807) is 0 Å². The lowest BCUT2D eigenvalue weighted by molar-refractivity contribution is 0.0693. The van der Waals surface area contributed by atoms with E-state index in [9.17, 15) is 9.59 Å². The van der Waals surface area contributed by atoms with Gasteiger partial charge >= 0.3 is 5.97 Å². The van der Waals surface area contributed by atoms with Crippen LogP contribution in [0, 0.1) is 6.92 Å². The largest absolute Gasteiger partial charge is 0.477 e. The van der Waals surface area contributed by atoms with Gasteiger partial charge in [0.15, 0.2) is 5.82 Å². The van der Waals surface area contributed by atoms with Gasteiger partial charge in [-0.2, -0.15) is 5.10 Å². The first kappa shape index (κ1) is 15.9. The van der Waals surface area contributed by atoms with Gasteiger partial charge in [-0.3, -0.25) is 14.8 Å². The van der Waals surface area contributed by atoms with Crippen molar-refractivity contribution in [2.45, 2.75) is 32.7 Å². The van der Waals surface area contributed by atoms with Crippen LogP contribution in [0.3, 0.4) is 0 Å². The number of carboxylic acid groups (broad SMARTS) is 1. The minimum absolute atomic E-state index is 0.114. The predicted molar refractivity (Wildman–Crippen MR) is 90.7 cm³/mol. The van der Waals surface area contributed by atoms with Crippen LogP contribution < -0.4 is 11.0 Å². The van der Waals surface area contributed by atoms with Crippen LogP contribution in [0.25, 0.3) is 0 Å². The van der Waals surface area contributed by atoms with E-state index in [2.05, 4.69) is 15.5 Å². The summed E-state index contributed by atoms with van der Waals surface area (Å²) in [5.74, 6) is -0.845. The molecule has 7 heteroatoms. The second kappa shape index (κ2) is 6.27. The van der Waals surface area contributed by atoms with E-state index in [0.717, 1.165) is 17.4 Å². The zero-order valence-electron chi connectivity index (χ0n) is 13.5. The molecule has 0 bridgehead atoms. The highest BCUT2D eigenvalue weighted by molar-refractivity contribution is 5.99. The Hall–Kier alpha value is -2.96. The maximum atomic E-state index is 12.4. The first-order valence-corrected chi connectivity index (χ1v) is 7.72. The van der Waals surface area contributed by atoms with Crippen molar-refractivity contribution in [1.82, 2.24) is 9.55 Å². The van der Waals surface area contributed by atoms with Crippen LogP contribution in [-0.4, -0.2) is 26.3 Å². The molecule has 0 spiro atoms. The van der Waals surface area contributed by atoms with Crippen LogP contribution >= 0.6 is 0 Å². The Labute approximate surface area is 138 Å². The molecule has 1 aliphatic heterocycles. The molecule has 1 aromatic carbocycles. The standard InChI is InChI=1S/C17H18N4O3/c1-10-5-3-4-6-13(10)19-20-14-8-7-11(2)21-15(14)18-9-12(16(21)22)17(23)24/h3-6,9,11,19H,7-8H2,1-2H3,(H,23,24). The van der Waals surface area contributed by atoms with Gasteiger partial charge in [-0.25, -0.2) is 9.78 Å². The zero-order chi connectivity index (χ0) is 17.3. The van der Waals surface area contributed by atoms with Crippen molar-refractivity contribution in [3.05, 3.63) is 57.8 Å². The van der Waals surface area contributed by atoms with Gasteiger partial charge in [-0.1, -0.05) is 18.2 Å². The van der Waals surface area contributed by atoms with E-state index in [1.165, 1.54) is 4.57 Å². The molecule has 0 saturated carbocycles. The third kappa shape index (κ3) is 2.80. The van der Waals surface area contributed by atoms with E-state index >= 15 is 0 Å². The summed E-state index contributed by atoms with van der Waals surface area (Å²) in [5.41, 5.74) is 4.72. The summed E-state index contributed by atoms with van der Waals surface area (Å²) in [6.07, 6.45) is 2.47. The first-order chi connectivity index (χ1) is 11.5. The van der Waals surface area contributed by atoms with Crippen molar-refractivity contribution in [3.63, 3.8) is 0 Å². The Bertz CT molecular complexity index is 886. The van der Waals surface area contributed by atoms with Crippen molar-refractivity contribution < 1.29 is 9.90 Å². The molecule has 1 unspecified atom stereocenters. The van der Waals surface area contributed by atoms with Crippen LogP contribution in [0.4, 0.5) is 5.69 Å². The number of nitrogens with zero attached hydrogens (tertiary/aromatic N) is 3. The van der Waals surface area contributed by atoms with Gasteiger partial charge in [0.2, 0.25) is 0 Å². The highest BCUT2D eigenvalue weighted by Crippen LogP contribution is 2.22. The van der Waals surface area contributed by atoms with E-state index in [-0.39, 0.29) is 11.6 Å². The number of hydrogen-bond acceptors (Lipinski definition) is 5. The molecule has 7 nitrogen and oxygen atoms in total. The fourth-order valence-corrected chi connectivity index (χ4v) is 2.76. The number of aryl methyl sites for hydroxylation is 1. The number of anilines is 1. The van der Waals surface area contributed by atoms with Crippen molar-refractivity contribution in [2.24, 2.45) is 5.10 Å². The molecular formula is C17H18N4O3. The van der Waals surface area contributed by atoms with E-state index in [0.29, 0.717) is 24.4 Å². The van der Waals surface area contributed by atoms with Gasteiger partial charge in [0.25, 0.3) is 5.56 Å². The van der Waals surface area contributed by atoms with Crippen LogP contribution in [0.15, 0.2) is 40.4 Å². The molecule has 1 aliphatic rings. The molecule has 0 amide bonds. The van der Waals surface area contributed by atoms with E-state index in [4.69, 9.17) is 5.11 Å². The molecule has 1 aromatic heterocycles. The number of nitrogens with one attached hydrogen (secondary N) is 1. The molecule has 0 radical (unpaired) electrons. The topological polar surface area (TPSA) is 96.6 Å². The number of hydrazone groups is 1. The number of aromatic carboxylic acids is 1. The number of fused-ring (bicyclic) bond motifs is 1. The third-order valence-corrected chi connectivity index (χ3v) is 4.18. The van der Waals surface area contributed by atoms with E-state index in [1.807, 2.05) is 38.1 Å². The second-order valence-electron chi connectivity index (χ2n) is 5.85. The number of carbonyl (C=O) groups is 1. The fourth-order valence-electron chi connectivity index (χ4n) is 2.76. The van der Waals surface area contributed by atoms with Gasteiger partial charge in [0.05, 0.1) is 5.69 Å². The lowest BCUT2D eigenvalue weighted by atomic mass is 10.0. The number of carboxylic acids is 1. The second-order valence-corrected chi connectivity index (χ2v) is 5.85. The molecule has 0 aliphatic carbocycles. The maximum absolute atomic E-state index is 12.4. The Morgan fingerprint density at radius 2 is 2.17 bits per heavy atom. The van der Waals surface area contributed by atoms with Gasteiger partial charge in [0, 0.05) is 12.2 Å². The van der Waals surface area contributed by atoms with Crippen LogP contribution in [0.2, 0.25) is 0 Å². The minimum Gasteiger partial charge on any atom is -0.477 e. The molecule has 1 atom stereocenters. The van der Waals surface area contributed by atoms with Crippen LogP contribution in [0.1, 0.15) is 47.6 Å². The molecule has 2 N–H and O–H groups in total. The number of benzene rings is 1. The molecular weight excluding hydrogens is 308 g/mol. The monoisotopic (exact) mass is 326 g/mol. The SMILES string of the molecule is Cc1ccccc1NN=C1CCC(C)n2c1ncc(C(=O)O)c2=O. The molecule has 24 heavy (non-hydrogen) atoms. The lowest BCUT2D eigenvalue weighted by Gasteiger charge is -2.25. The molecule has 3 rings (SSSR count). The summed E-state index contributed by atoms with van der Waals surface area (Å²) in [4.78, 5) is 27.7. The third-order valence-electron chi connectivity index (χ3n) is 4.18. The number of aromatic nitrogens is 2. The first-order valence-electron chi connectivity index (χ1n) is 7.72. The quantitative estimate of drug-likeness (QED) is 0.844. The van der Waals surface area contributed by atoms with Crippen molar-refractivity contribution >= 4 is 17.4 Å². The summed E-state index contributed by atoms with van der Waals surface area (Å²) in [6, 6.07) is 7.63. The summed E-state index contributed by atoms with van der Waals surface area (Å²) >= 11 is 0. The smallest absolute Gasteiger partial charge is 0.342 e. The molecule has 0 fully saturated rings. The highest BCUT2D eigenvalue weighted by atomic mass is 16.4. The summed E-state index contributed by atoms with van der Waals surface area (Å²) in [6.45, 7) is 3.85. The van der Waals surface area contributed by atoms with Gasteiger partial charge < -0.3 is 5.11 Å². The molecule has 124 valence electrons. The normalized spacial score (nSPS) is 18.2. The number of hydrogen-bond donors (Lipinski definition) is 2.